The number of alkyl halides is 3. The number of thioether (sulfide) groups is 1. The predicted molar refractivity (Wildman–Crippen MR) is 119 cm³/mol. The molecule has 1 N–H and O–H groups in total. The number of piperidine rings is 1. The average Bonchev–Trinajstić information content (AvgIpc) is 3.16. The molecule has 2 aliphatic heterocycles. The summed E-state index contributed by atoms with van der Waals surface area (Å²) in [6, 6.07) is 10.9. The third kappa shape index (κ3) is 4.68. The largest absolute Gasteiger partial charge is 0.416 e. The van der Waals surface area contributed by atoms with Crippen LogP contribution in [-0.2, 0) is 6.18 Å². The van der Waals surface area contributed by atoms with E-state index in [-0.39, 0.29) is 16.5 Å². The van der Waals surface area contributed by atoms with Gasteiger partial charge in [0.15, 0.2) is 0 Å². The van der Waals surface area contributed by atoms with Gasteiger partial charge < -0.3 is 15.1 Å². The molecule has 2 aromatic rings. The molecule has 0 atom stereocenters. The fraction of sp³-hybridized carbons (Fsp3) is 0.364. The second-order valence-electron chi connectivity index (χ2n) is 7.75. The van der Waals surface area contributed by atoms with Crippen molar-refractivity contribution in [2.75, 3.05) is 30.7 Å². The van der Waals surface area contributed by atoms with Crippen molar-refractivity contribution in [3.63, 3.8) is 0 Å². The molecule has 32 heavy (non-hydrogen) atoms. The lowest BCUT2D eigenvalue weighted by Gasteiger charge is -2.44. The number of benzene rings is 2. The molecule has 0 aromatic heterocycles. The predicted octanol–water partition coefficient (Wildman–Crippen LogP) is 5.57. The Morgan fingerprint density at radius 2 is 1.72 bits per heavy atom. The molecule has 0 radical (unpaired) electrons. The maximum atomic E-state index is 13.1. The molecule has 10 heteroatoms. The summed E-state index contributed by atoms with van der Waals surface area (Å²) in [7, 11) is 0. The Morgan fingerprint density at radius 1 is 1.03 bits per heavy atom. The number of nitrogens with zero attached hydrogens (tertiary/aromatic N) is 2. The van der Waals surface area contributed by atoms with Gasteiger partial charge in [-0.25, -0.2) is 4.79 Å². The van der Waals surface area contributed by atoms with E-state index >= 15 is 0 Å². The molecule has 4 rings (SSSR count). The van der Waals surface area contributed by atoms with E-state index in [0.29, 0.717) is 43.1 Å². The number of anilines is 1. The lowest BCUT2D eigenvalue weighted by atomic mass is 10.0. The number of likely N-dealkylation sites (tertiary alicyclic amines) is 1. The van der Waals surface area contributed by atoms with Crippen LogP contribution < -0.4 is 5.32 Å². The summed E-state index contributed by atoms with van der Waals surface area (Å²) < 4.78 is 38.7. The van der Waals surface area contributed by atoms with Crippen LogP contribution in [0.15, 0.2) is 48.5 Å². The molecular weight excluding hydrogens is 463 g/mol. The maximum absolute atomic E-state index is 13.1. The summed E-state index contributed by atoms with van der Waals surface area (Å²) in [5, 5.41) is 3.12. The van der Waals surface area contributed by atoms with Crippen LogP contribution in [0, 0.1) is 0 Å². The van der Waals surface area contributed by atoms with Gasteiger partial charge in [-0.15, -0.1) is 11.8 Å². The van der Waals surface area contributed by atoms with Crippen LogP contribution in [0.2, 0.25) is 5.02 Å². The standard InChI is InChI=1S/C22H21ClF3N3O2S/c23-17-6-4-15(5-7-17)19(30)29-12-13-32-21(29)8-10-28(11-9-21)20(31)27-18-3-1-2-16(14-18)22(24,25)26/h1-7,14H,8-13H2,(H,27,31). The van der Waals surface area contributed by atoms with Crippen LogP contribution >= 0.6 is 23.4 Å². The van der Waals surface area contributed by atoms with Crippen LogP contribution in [-0.4, -0.2) is 52.0 Å². The number of hydrogen-bond acceptors (Lipinski definition) is 3. The van der Waals surface area contributed by atoms with Crippen molar-refractivity contribution in [1.29, 1.82) is 0 Å². The zero-order valence-electron chi connectivity index (χ0n) is 17.0. The van der Waals surface area contributed by atoms with Crippen LogP contribution in [0.3, 0.4) is 0 Å². The van der Waals surface area contributed by atoms with Gasteiger partial charge in [-0.3, -0.25) is 4.79 Å². The van der Waals surface area contributed by atoms with Gasteiger partial charge in [0, 0.05) is 41.7 Å². The molecule has 2 heterocycles. The first-order valence-corrected chi connectivity index (χ1v) is 11.5. The minimum atomic E-state index is -4.47. The number of nitrogens with one attached hydrogen (secondary N) is 1. The maximum Gasteiger partial charge on any atom is 0.416 e. The van der Waals surface area contributed by atoms with Crippen molar-refractivity contribution in [3.05, 3.63) is 64.7 Å². The smallest absolute Gasteiger partial charge is 0.324 e. The van der Waals surface area contributed by atoms with Crippen molar-refractivity contribution < 1.29 is 22.8 Å². The van der Waals surface area contributed by atoms with Crippen LogP contribution in [0.5, 0.6) is 0 Å². The molecule has 0 bridgehead atoms. The number of halogens is 4. The number of rotatable bonds is 2. The van der Waals surface area contributed by atoms with Crippen LogP contribution in [0.1, 0.15) is 28.8 Å². The highest BCUT2D eigenvalue weighted by molar-refractivity contribution is 8.00. The number of amides is 3. The van der Waals surface area contributed by atoms with E-state index in [9.17, 15) is 22.8 Å². The molecule has 0 saturated carbocycles. The third-order valence-electron chi connectivity index (χ3n) is 5.79. The van der Waals surface area contributed by atoms with E-state index in [0.717, 1.165) is 17.9 Å². The zero-order chi connectivity index (χ0) is 22.9. The second kappa shape index (κ2) is 8.86. The Kier molecular flexibility index (Phi) is 6.31. The Morgan fingerprint density at radius 3 is 2.38 bits per heavy atom. The number of carbonyl (C=O) groups excluding carboxylic acids is 2. The molecule has 2 saturated heterocycles. The monoisotopic (exact) mass is 483 g/mol. The van der Waals surface area contributed by atoms with Crippen molar-refractivity contribution in [3.8, 4) is 0 Å². The van der Waals surface area contributed by atoms with E-state index in [4.69, 9.17) is 11.6 Å². The van der Waals surface area contributed by atoms with Gasteiger partial charge in [-0.2, -0.15) is 13.2 Å². The molecule has 3 amide bonds. The van der Waals surface area contributed by atoms with E-state index in [1.807, 2.05) is 4.90 Å². The zero-order valence-corrected chi connectivity index (χ0v) is 18.6. The highest BCUT2D eigenvalue weighted by Gasteiger charge is 2.47. The summed E-state index contributed by atoms with van der Waals surface area (Å²) >= 11 is 7.64. The van der Waals surface area contributed by atoms with Gasteiger partial charge >= 0.3 is 12.2 Å². The van der Waals surface area contributed by atoms with E-state index in [2.05, 4.69) is 5.32 Å². The van der Waals surface area contributed by atoms with Gasteiger partial charge in [-0.1, -0.05) is 17.7 Å². The molecular formula is C22H21ClF3N3O2S. The minimum Gasteiger partial charge on any atom is -0.324 e. The molecule has 5 nitrogen and oxygen atoms in total. The Balaban J connectivity index is 1.40. The first-order chi connectivity index (χ1) is 15.2. The summed E-state index contributed by atoms with van der Waals surface area (Å²) in [5.74, 6) is 0.754. The summed E-state index contributed by atoms with van der Waals surface area (Å²) in [6.45, 7) is 1.44. The highest BCUT2D eigenvalue weighted by Crippen LogP contribution is 2.44. The first kappa shape index (κ1) is 22.8. The van der Waals surface area contributed by atoms with Crippen molar-refractivity contribution in [1.82, 2.24) is 9.80 Å². The Bertz CT molecular complexity index is 1010. The van der Waals surface area contributed by atoms with Gasteiger partial charge in [0.05, 0.1) is 10.4 Å². The topological polar surface area (TPSA) is 52.7 Å². The number of hydrogen-bond donors (Lipinski definition) is 1. The Hall–Kier alpha value is -2.39. The highest BCUT2D eigenvalue weighted by atomic mass is 35.5. The summed E-state index contributed by atoms with van der Waals surface area (Å²) in [6.07, 6.45) is -3.29. The average molecular weight is 484 g/mol. The molecule has 170 valence electrons. The molecule has 0 aliphatic carbocycles. The molecule has 1 spiro atoms. The first-order valence-electron chi connectivity index (χ1n) is 10.1. The van der Waals surface area contributed by atoms with Gasteiger partial charge in [-0.05, 0) is 55.3 Å². The van der Waals surface area contributed by atoms with Gasteiger partial charge in [0.1, 0.15) is 0 Å². The Labute approximate surface area is 192 Å². The van der Waals surface area contributed by atoms with Crippen molar-refractivity contribution >= 4 is 41.0 Å². The normalized spacial score (nSPS) is 18.1. The van der Waals surface area contributed by atoms with E-state index in [1.165, 1.54) is 12.1 Å². The summed E-state index contributed by atoms with van der Waals surface area (Å²) in [4.78, 5) is 28.8. The molecule has 2 aromatic carbocycles. The molecule has 2 fully saturated rings. The van der Waals surface area contributed by atoms with Crippen molar-refractivity contribution in [2.45, 2.75) is 23.9 Å². The summed E-state index contributed by atoms with van der Waals surface area (Å²) in [5.41, 5.74) is -0.146. The number of urea groups is 1. The fourth-order valence-electron chi connectivity index (χ4n) is 4.09. The van der Waals surface area contributed by atoms with E-state index in [1.54, 1.807) is 40.9 Å². The van der Waals surface area contributed by atoms with Gasteiger partial charge in [0.2, 0.25) is 0 Å². The quantitative estimate of drug-likeness (QED) is 0.607. The molecule has 2 aliphatic rings. The van der Waals surface area contributed by atoms with Crippen molar-refractivity contribution in [2.24, 2.45) is 0 Å². The van der Waals surface area contributed by atoms with Crippen LogP contribution in [0.25, 0.3) is 0 Å². The second-order valence-corrected chi connectivity index (χ2v) is 9.65. The lowest BCUT2D eigenvalue weighted by molar-refractivity contribution is -0.137. The third-order valence-corrected chi connectivity index (χ3v) is 7.59. The SMILES string of the molecule is O=C(Nc1cccc(C(F)(F)F)c1)N1CCC2(CC1)SCCN2C(=O)c1ccc(Cl)cc1. The van der Waals surface area contributed by atoms with E-state index < -0.39 is 17.8 Å². The molecule has 0 unspecified atom stereocenters. The van der Waals surface area contributed by atoms with Gasteiger partial charge in [0.25, 0.3) is 5.91 Å². The van der Waals surface area contributed by atoms with Crippen LogP contribution in [0.4, 0.5) is 23.7 Å². The fourth-order valence-corrected chi connectivity index (χ4v) is 5.67. The number of carbonyl (C=O) groups is 2. The lowest BCUT2D eigenvalue weighted by Crippen LogP contribution is -2.54. The minimum absolute atomic E-state index is 0.0615.